The van der Waals surface area contributed by atoms with Crippen LogP contribution in [0.4, 0.5) is 5.88 Å². The molecule has 0 aliphatic carbocycles. The zero-order valence-electron chi connectivity index (χ0n) is 17.7. The van der Waals surface area contributed by atoms with Crippen molar-refractivity contribution in [3.8, 4) is 0 Å². The van der Waals surface area contributed by atoms with E-state index in [0.717, 1.165) is 44.5 Å². The van der Waals surface area contributed by atoms with Crippen LogP contribution in [0.25, 0.3) is 0 Å². The van der Waals surface area contributed by atoms with Crippen molar-refractivity contribution in [1.29, 1.82) is 0 Å². The standard InChI is InChI=1S/C23H25N5O3S/c29-21(11-16-32-23(30)20-9-5-2-6-10-20)24-22-18-28(25-31-22)27-14-12-26(13-15-27)17-19-7-3-1-4-8-19/h1-10,18H,11-17H2/p+1. The number of nitrogens with zero attached hydrogens (tertiary/aromatic N) is 4. The molecule has 1 aromatic heterocycles. The van der Waals surface area contributed by atoms with Gasteiger partial charge in [-0.05, 0) is 5.56 Å². The molecule has 1 fully saturated rings. The zero-order chi connectivity index (χ0) is 22.2. The average Bonchev–Trinajstić information content (AvgIpc) is 3.29. The Morgan fingerprint density at radius 1 is 1.00 bits per heavy atom. The van der Waals surface area contributed by atoms with E-state index in [1.54, 1.807) is 23.1 Å². The summed E-state index contributed by atoms with van der Waals surface area (Å²) < 4.78 is 5.26. The third-order valence-electron chi connectivity index (χ3n) is 5.18. The molecule has 32 heavy (non-hydrogen) atoms. The summed E-state index contributed by atoms with van der Waals surface area (Å²) in [4.78, 5) is 28.3. The monoisotopic (exact) mass is 452 g/mol. The Balaban J connectivity index is 1.18. The number of thioether (sulfide) groups is 1. The summed E-state index contributed by atoms with van der Waals surface area (Å²) in [6.07, 6.45) is 1.88. The van der Waals surface area contributed by atoms with Gasteiger partial charge in [0.2, 0.25) is 16.3 Å². The van der Waals surface area contributed by atoms with Crippen LogP contribution in [-0.2, 0) is 11.3 Å². The summed E-state index contributed by atoms with van der Waals surface area (Å²) in [5.74, 6) is 0.479. The Bertz CT molecular complexity index is 1020. The van der Waals surface area contributed by atoms with Gasteiger partial charge in [0.25, 0.3) is 6.20 Å². The number of piperazine rings is 1. The van der Waals surface area contributed by atoms with E-state index in [-0.39, 0.29) is 17.4 Å². The smallest absolute Gasteiger partial charge is 0.295 e. The SMILES string of the molecule is O=C(CCSC(=O)c1ccccc1)Nc1c[n+](N2CCN(Cc3ccccc3)CC2)no1. The van der Waals surface area contributed by atoms with E-state index in [1.165, 1.54) is 5.56 Å². The lowest BCUT2D eigenvalue weighted by atomic mass is 10.2. The molecule has 0 bridgehead atoms. The van der Waals surface area contributed by atoms with Crippen molar-refractivity contribution >= 4 is 28.7 Å². The average molecular weight is 453 g/mol. The van der Waals surface area contributed by atoms with Gasteiger partial charge in [-0.3, -0.25) is 24.3 Å². The fourth-order valence-corrected chi connectivity index (χ4v) is 4.24. The molecule has 0 spiro atoms. The molecule has 1 aliphatic rings. The van der Waals surface area contributed by atoms with Crippen molar-refractivity contribution in [3.63, 3.8) is 0 Å². The molecule has 0 saturated carbocycles. The topological polar surface area (TPSA) is 82.6 Å². The van der Waals surface area contributed by atoms with E-state index in [1.807, 2.05) is 24.3 Å². The van der Waals surface area contributed by atoms with Gasteiger partial charge >= 0.3 is 5.88 Å². The molecule has 166 valence electrons. The number of rotatable bonds is 8. The van der Waals surface area contributed by atoms with Crippen LogP contribution in [0.2, 0.25) is 0 Å². The van der Waals surface area contributed by atoms with Gasteiger partial charge in [0.15, 0.2) is 0 Å². The molecule has 1 amide bonds. The number of carbonyl (C=O) groups excluding carboxylic acids is 2. The summed E-state index contributed by atoms with van der Waals surface area (Å²) in [5.41, 5.74) is 1.95. The van der Waals surface area contributed by atoms with Crippen molar-refractivity contribution in [3.05, 3.63) is 78.0 Å². The first-order valence-corrected chi connectivity index (χ1v) is 11.6. The fourth-order valence-electron chi connectivity index (χ4n) is 3.46. The van der Waals surface area contributed by atoms with Crippen LogP contribution in [0.15, 0.2) is 71.4 Å². The second-order valence-corrected chi connectivity index (χ2v) is 8.57. The van der Waals surface area contributed by atoms with Crippen molar-refractivity contribution < 1.29 is 18.9 Å². The molecule has 1 N–H and O–H groups in total. The summed E-state index contributed by atoms with van der Waals surface area (Å²) in [6, 6.07) is 19.5. The minimum Gasteiger partial charge on any atom is -0.295 e. The molecule has 0 radical (unpaired) electrons. The predicted molar refractivity (Wildman–Crippen MR) is 123 cm³/mol. The van der Waals surface area contributed by atoms with Gasteiger partial charge in [-0.1, -0.05) is 72.4 Å². The van der Waals surface area contributed by atoms with Crippen LogP contribution in [0, 0.1) is 0 Å². The third-order valence-corrected chi connectivity index (χ3v) is 6.08. The van der Waals surface area contributed by atoms with Crippen LogP contribution < -0.4 is 15.1 Å². The number of aromatic nitrogens is 2. The van der Waals surface area contributed by atoms with E-state index in [4.69, 9.17) is 4.52 Å². The third kappa shape index (κ3) is 6.18. The van der Waals surface area contributed by atoms with E-state index >= 15 is 0 Å². The van der Waals surface area contributed by atoms with Gasteiger partial charge in [-0.25, -0.2) is 0 Å². The van der Waals surface area contributed by atoms with Gasteiger partial charge in [-0.2, -0.15) is 5.01 Å². The first-order chi connectivity index (χ1) is 15.7. The van der Waals surface area contributed by atoms with Crippen LogP contribution in [0.5, 0.6) is 0 Å². The van der Waals surface area contributed by atoms with Gasteiger partial charge < -0.3 is 0 Å². The first kappa shape index (κ1) is 22.0. The van der Waals surface area contributed by atoms with E-state index in [0.29, 0.717) is 17.2 Å². The Labute approximate surface area is 191 Å². The molecular weight excluding hydrogens is 426 g/mol. The first-order valence-electron chi connectivity index (χ1n) is 10.6. The minimum atomic E-state index is -0.214. The van der Waals surface area contributed by atoms with Crippen molar-refractivity contribution in [2.45, 2.75) is 13.0 Å². The number of nitrogens with one attached hydrogen (secondary N) is 1. The maximum Gasteiger partial charge on any atom is 0.305 e. The maximum absolute atomic E-state index is 12.2. The van der Waals surface area contributed by atoms with Crippen LogP contribution >= 0.6 is 11.8 Å². The lowest BCUT2D eigenvalue weighted by molar-refractivity contribution is -0.759. The zero-order valence-corrected chi connectivity index (χ0v) is 18.5. The minimum absolute atomic E-state index is 0.0395. The molecule has 1 saturated heterocycles. The lowest BCUT2D eigenvalue weighted by Gasteiger charge is -2.29. The summed E-state index contributed by atoms with van der Waals surface area (Å²) in [7, 11) is 0. The normalized spacial score (nSPS) is 14.3. The molecule has 1 aliphatic heterocycles. The molecule has 3 aromatic rings. The van der Waals surface area contributed by atoms with Gasteiger partial charge in [-0.15, -0.1) is 0 Å². The highest BCUT2D eigenvalue weighted by molar-refractivity contribution is 8.14. The number of anilines is 1. The predicted octanol–water partition coefficient (Wildman–Crippen LogP) is 2.32. The summed E-state index contributed by atoms with van der Waals surface area (Å²) >= 11 is 1.13. The Hall–Kier alpha value is -3.17. The van der Waals surface area contributed by atoms with E-state index in [2.05, 4.69) is 44.8 Å². The molecule has 4 rings (SSSR count). The van der Waals surface area contributed by atoms with Crippen LogP contribution in [-0.4, -0.2) is 53.1 Å². The van der Waals surface area contributed by atoms with Gasteiger partial charge in [0.1, 0.15) is 0 Å². The molecular formula is C23H26N5O3S+. The lowest BCUT2D eigenvalue weighted by Crippen LogP contribution is -2.65. The number of carbonyl (C=O) groups is 2. The van der Waals surface area contributed by atoms with E-state index < -0.39 is 0 Å². The molecule has 2 heterocycles. The van der Waals surface area contributed by atoms with Gasteiger partial charge in [0.05, 0.1) is 17.9 Å². The van der Waals surface area contributed by atoms with Crippen LogP contribution in [0.1, 0.15) is 22.3 Å². The molecule has 0 atom stereocenters. The van der Waals surface area contributed by atoms with E-state index in [9.17, 15) is 9.59 Å². The molecule has 9 heteroatoms. The molecule has 0 unspecified atom stereocenters. The Morgan fingerprint density at radius 2 is 1.69 bits per heavy atom. The molecule has 8 nitrogen and oxygen atoms in total. The number of amides is 1. The highest BCUT2D eigenvalue weighted by atomic mass is 32.2. The van der Waals surface area contributed by atoms with Crippen LogP contribution in [0.3, 0.4) is 0 Å². The summed E-state index contributed by atoms with van der Waals surface area (Å²) in [6.45, 7) is 4.40. The number of benzene rings is 2. The fraction of sp³-hybridized carbons (Fsp3) is 0.304. The second kappa shape index (κ2) is 10.9. The van der Waals surface area contributed by atoms with Gasteiger partial charge in [0, 0.05) is 37.4 Å². The largest absolute Gasteiger partial charge is 0.305 e. The highest BCUT2D eigenvalue weighted by Gasteiger charge is 2.26. The summed E-state index contributed by atoms with van der Waals surface area (Å²) in [5, 5.41) is 8.77. The molecule has 2 aromatic carbocycles. The number of hydrogen-bond donors (Lipinski definition) is 1. The Morgan fingerprint density at radius 3 is 2.41 bits per heavy atom. The van der Waals surface area contributed by atoms with Crippen molar-refractivity contribution in [2.24, 2.45) is 0 Å². The number of hydrogen-bond acceptors (Lipinski definition) is 7. The maximum atomic E-state index is 12.2. The van der Waals surface area contributed by atoms with Crippen molar-refractivity contribution in [2.75, 3.05) is 42.3 Å². The van der Waals surface area contributed by atoms with Crippen molar-refractivity contribution in [1.82, 2.24) is 10.2 Å². The highest BCUT2D eigenvalue weighted by Crippen LogP contribution is 2.14. The second-order valence-electron chi connectivity index (χ2n) is 7.50. The quantitative estimate of drug-likeness (QED) is 0.525. The Kier molecular flexibility index (Phi) is 7.52.